The van der Waals surface area contributed by atoms with Gasteiger partial charge in [0.2, 0.25) is 5.95 Å². The fourth-order valence-electron chi connectivity index (χ4n) is 5.77. The average Bonchev–Trinajstić information content (AvgIpc) is 3.28. The number of pyridine rings is 1. The molecule has 2 aliphatic rings. The van der Waals surface area contributed by atoms with Crippen LogP contribution in [0, 0.1) is 0 Å². The van der Waals surface area contributed by atoms with Crippen LogP contribution in [0.4, 0.5) is 36.3 Å². The number of aliphatic hydroxyl groups is 1. The summed E-state index contributed by atoms with van der Waals surface area (Å²) in [6, 6.07) is 6.67. The highest BCUT2D eigenvalue weighted by Gasteiger charge is 2.36. The highest BCUT2D eigenvalue weighted by molar-refractivity contribution is 7.53. The summed E-state index contributed by atoms with van der Waals surface area (Å²) in [5.74, 6) is -0.650. The zero-order chi connectivity index (χ0) is 32.4. The quantitative estimate of drug-likeness (QED) is 0.192. The van der Waals surface area contributed by atoms with Gasteiger partial charge in [0.15, 0.2) is 0 Å². The minimum Gasteiger partial charge on any atom is -0.393 e. The molecule has 1 aliphatic heterocycles. The summed E-state index contributed by atoms with van der Waals surface area (Å²) < 4.78 is 65.3. The van der Waals surface area contributed by atoms with Crippen LogP contribution in [0.25, 0.3) is 0 Å². The summed E-state index contributed by atoms with van der Waals surface area (Å²) in [5.41, 5.74) is 2.23. The maximum atomic E-state index is 13.9. The Kier molecular flexibility index (Phi) is 9.78. The highest BCUT2D eigenvalue weighted by atomic mass is 31.2. The number of halogens is 3. The third-order valence-corrected chi connectivity index (χ3v) is 9.89. The number of carbonyl (C=O) groups excluding carboxylic acids is 1. The highest BCUT2D eigenvalue weighted by Crippen LogP contribution is 2.51. The molecule has 242 valence electrons. The van der Waals surface area contributed by atoms with E-state index in [1.807, 2.05) is 6.07 Å². The van der Waals surface area contributed by atoms with Crippen LogP contribution in [0.3, 0.4) is 0 Å². The second-order valence-electron chi connectivity index (χ2n) is 11.1. The van der Waals surface area contributed by atoms with E-state index in [1.54, 1.807) is 31.9 Å². The summed E-state index contributed by atoms with van der Waals surface area (Å²) in [5, 5.41) is 15.6. The van der Waals surface area contributed by atoms with E-state index >= 15 is 0 Å². The second-order valence-corrected chi connectivity index (χ2v) is 13.1. The predicted octanol–water partition coefficient (Wildman–Crippen LogP) is 6.75. The number of hydrogen-bond acceptors (Lipinski definition) is 10. The first-order chi connectivity index (χ1) is 21.4. The van der Waals surface area contributed by atoms with Gasteiger partial charge in [-0.25, -0.2) is 4.98 Å². The molecular weight excluding hydrogens is 612 g/mol. The van der Waals surface area contributed by atoms with Crippen molar-refractivity contribution in [1.29, 1.82) is 0 Å². The van der Waals surface area contributed by atoms with Crippen molar-refractivity contribution in [1.82, 2.24) is 19.9 Å². The van der Waals surface area contributed by atoms with Gasteiger partial charge in [0.05, 0.1) is 54.3 Å². The molecule has 0 unspecified atom stereocenters. The molecule has 0 saturated heterocycles. The maximum absolute atomic E-state index is 13.9. The standard InChI is InChI=1S/C30H36F3N6O5P/c1-4-43-45(42,44-5-2)17-20-9-8-19(14-34-20)36-27-24(30(31,32)33)15-35-29(38-27)37-25-13-12-22(18-6-10-21(40)11-7-18)23-16-39(3)28(41)26(23)25/h8-9,12-15,18,21,40H,4-7,10-11,16-17H2,1-3H3,(H2,35,36,37,38). The lowest BCUT2D eigenvalue weighted by molar-refractivity contribution is -0.137. The Balaban J connectivity index is 1.41. The van der Waals surface area contributed by atoms with Crippen LogP contribution in [0.2, 0.25) is 0 Å². The number of benzene rings is 1. The fraction of sp³-hybridized carbons (Fsp3) is 0.467. The molecule has 0 bridgehead atoms. The van der Waals surface area contributed by atoms with Crippen LogP contribution in [-0.4, -0.2) is 57.2 Å². The van der Waals surface area contributed by atoms with E-state index in [4.69, 9.17) is 9.05 Å². The molecular formula is C30H36F3N6O5P. The van der Waals surface area contributed by atoms with Gasteiger partial charge in [-0.1, -0.05) is 6.07 Å². The van der Waals surface area contributed by atoms with Gasteiger partial charge in [0, 0.05) is 19.8 Å². The summed E-state index contributed by atoms with van der Waals surface area (Å²) in [6.07, 6.45) is -0.183. The van der Waals surface area contributed by atoms with Crippen LogP contribution >= 0.6 is 7.60 Å². The first-order valence-electron chi connectivity index (χ1n) is 14.8. The number of aromatic nitrogens is 3. The van der Waals surface area contributed by atoms with Crippen molar-refractivity contribution < 1.29 is 36.7 Å². The lowest BCUT2D eigenvalue weighted by Gasteiger charge is -2.27. The Labute approximate surface area is 259 Å². The van der Waals surface area contributed by atoms with Crippen LogP contribution in [0.5, 0.6) is 0 Å². The minimum absolute atomic E-state index is 0.0932. The number of nitrogens with zero attached hydrogens (tertiary/aromatic N) is 4. The maximum Gasteiger partial charge on any atom is 0.421 e. The topological polar surface area (TPSA) is 139 Å². The summed E-state index contributed by atoms with van der Waals surface area (Å²) in [6.45, 7) is 4.16. The molecule has 1 saturated carbocycles. The smallest absolute Gasteiger partial charge is 0.393 e. The zero-order valence-corrected chi connectivity index (χ0v) is 26.1. The van der Waals surface area contributed by atoms with E-state index in [1.165, 1.54) is 18.3 Å². The summed E-state index contributed by atoms with van der Waals surface area (Å²) in [7, 11) is -1.72. The molecule has 1 fully saturated rings. The second kappa shape index (κ2) is 13.4. The number of alkyl halides is 3. The fourth-order valence-corrected chi connectivity index (χ4v) is 7.39. The number of amides is 1. The van der Waals surface area contributed by atoms with Gasteiger partial charge >= 0.3 is 13.8 Å². The summed E-state index contributed by atoms with van der Waals surface area (Å²) in [4.78, 5) is 27.0. The van der Waals surface area contributed by atoms with Crippen LogP contribution in [0.1, 0.15) is 78.2 Å². The van der Waals surface area contributed by atoms with E-state index in [2.05, 4.69) is 25.6 Å². The SMILES string of the molecule is CCOP(=O)(Cc1ccc(Nc2nc(Nc3ccc(C4CCC(O)CC4)c4c3C(=O)N(C)C4)ncc2C(F)(F)F)cn1)OCC. The van der Waals surface area contributed by atoms with Crippen LogP contribution in [-0.2, 0) is 32.5 Å². The molecule has 0 atom stereocenters. The number of rotatable bonds is 11. The van der Waals surface area contributed by atoms with Gasteiger partial charge in [-0.15, -0.1) is 0 Å². The zero-order valence-electron chi connectivity index (χ0n) is 25.2. The van der Waals surface area contributed by atoms with Crippen molar-refractivity contribution >= 4 is 36.6 Å². The van der Waals surface area contributed by atoms with Gasteiger partial charge in [0.25, 0.3) is 5.91 Å². The Morgan fingerprint density at radius 2 is 1.73 bits per heavy atom. The first-order valence-corrected chi connectivity index (χ1v) is 16.5. The number of hydrogen-bond donors (Lipinski definition) is 3. The number of fused-ring (bicyclic) bond motifs is 1. The number of nitrogens with one attached hydrogen (secondary N) is 2. The molecule has 3 aromatic rings. The number of anilines is 4. The number of carbonyl (C=O) groups is 1. The Bertz CT molecular complexity index is 1570. The van der Waals surface area contributed by atoms with Crippen molar-refractivity contribution in [2.75, 3.05) is 30.9 Å². The predicted molar refractivity (Wildman–Crippen MR) is 162 cm³/mol. The van der Waals surface area contributed by atoms with Gasteiger partial charge in [-0.2, -0.15) is 18.2 Å². The lowest BCUT2D eigenvalue weighted by atomic mass is 9.80. The van der Waals surface area contributed by atoms with Crippen molar-refractivity contribution in [2.24, 2.45) is 0 Å². The Morgan fingerprint density at radius 3 is 2.36 bits per heavy atom. The molecule has 11 nitrogen and oxygen atoms in total. The monoisotopic (exact) mass is 648 g/mol. The van der Waals surface area contributed by atoms with Crippen molar-refractivity contribution in [3.8, 4) is 0 Å². The van der Waals surface area contributed by atoms with Crippen molar-refractivity contribution in [2.45, 2.75) is 70.4 Å². The van der Waals surface area contributed by atoms with E-state index in [9.17, 15) is 27.6 Å². The molecule has 45 heavy (non-hydrogen) atoms. The molecule has 1 aliphatic carbocycles. The first kappa shape index (κ1) is 32.8. The Morgan fingerprint density at radius 1 is 1.02 bits per heavy atom. The molecule has 5 rings (SSSR count). The minimum atomic E-state index is -4.76. The third-order valence-electron chi connectivity index (χ3n) is 7.88. The molecule has 15 heteroatoms. The normalized spacial score (nSPS) is 18.6. The van der Waals surface area contributed by atoms with Crippen LogP contribution in [0.15, 0.2) is 36.7 Å². The largest absolute Gasteiger partial charge is 0.421 e. The molecule has 3 heterocycles. The molecule has 3 N–H and O–H groups in total. The summed E-state index contributed by atoms with van der Waals surface area (Å²) >= 11 is 0. The van der Waals surface area contributed by atoms with Crippen molar-refractivity contribution in [3.05, 3.63) is 64.6 Å². The van der Waals surface area contributed by atoms with E-state index in [0.717, 1.165) is 24.0 Å². The van der Waals surface area contributed by atoms with E-state index in [-0.39, 0.29) is 48.9 Å². The number of aliphatic hydroxyl groups excluding tert-OH is 1. The van der Waals surface area contributed by atoms with Gasteiger partial charge in [0.1, 0.15) is 11.4 Å². The lowest BCUT2D eigenvalue weighted by Crippen LogP contribution is -2.18. The Hall–Kier alpha value is -3.58. The van der Waals surface area contributed by atoms with E-state index in [0.29, 0.717) is 42.5 Å². The molecule has 1 aromatic carbocycles. The van der Waals surface area contributed by atoms with Gasteiger partial charge in [-0.05, 0) is 74.8 Å². The van der Waals surface area contributed by atoms with Gasteiger partial charge in [-0.3, -0.25) is 14.3 Å². The molecule has 0 spiro atoms. The third kappa shape index (κ3) is 7.46. The molecule has 2 aromatic heterocycles. The van der Waals surface area contributed by atoms with Crippen LogP contribution < -0.4 is 10.6 Å². The average molecular weight is 649 g/mol. The molecule has 1 amide bonds. The van der Waals surface area contributed by atoms with Crippen molar-refractivity contribution in [3.63, 3.8) is 0 Å². The van der Waals surface area contributed by atoms with Gasteiger partial charge < -0.3 is 29.7 Å². The molecule has 0 radical (unpaired) electrons. The van der Waals surface area contributed by atoms with E-state index < -0.39 is 25.2 Å².